The molecular formula is C19H22N2O3S. The third-order valence-electron chi connectivity index (χ3n) is 4.75. The zero-order chi connectivity index (χ0) is 17.2. The van der Waals surface area contributed by atoms with Crippen LogP contribution in [0.4, 0.5) is 0 Å². The van der Waals surface area contributed by atoms with Crippen molar-refractivity contribution in [1.82, 2.24) is 9.80 Å². The molecule has 2 aliphatic rings. The molecule has 0 radical (unpaired) electrons. The first-order valence-electron chi connectivity index (χ1n) is 8.76. The quantitative estimate of drug-likeness (QED) is 0.846. The first kappa shape index (κ1) is 16.4. The van der Waals surface area contributed by atoms with Crippen LogP contribution in [0.1, 0.15) is 16.6 Å². The fourth-order valence-corrected chi connectivity index (χ4v) is 4.20. The smallest absolute Gasteiger partial charge is 0.264 e. The van der Waals surface area contributed by atoms with Crippen LogP contribution in [0.5, 0.6) is 11.5 Å². The lowest BCUT2D eigenvalue weighted by molar-refractivity contribution is 0.0648. The van der Waals surface area contributed by atoms with Gasteiger partial charge >= 0.3 is 0 Å². The maximum atomic E-state index is 12.7. The number of likely N-dealkylation sites (N-methyl/N-ethyl adjacent to an activating group) is 1. The van der Waals surface area contributed by atoms with Crippen molar-refractivity contribution in [2.24, 2.45) is 0 Å². The van der Waals surface area contributed by atoms with Crippen LogP contribution in [-0.2, 0) is 0 Å². The number of benzene rings is 1. The molecule has 2 aromatic rings. The van der Waals surface area contributed by atoms with Crippen LogP contribution >= 0.6 is 11.3 Å². The van der Waals surface area contributed by atoms with E-state index in [1.54, 1.807) is 11.3 Å². The summed E-state index contributed by atoms with van der Waals surface area (Å²) in [6.07, 6.45) is 0. The number of fused-ring (bicyclic) bond motifs is 1. The predicted molar refractivity (Wildman–Crippen MR) is 98.8 cm³/mol. The number of carbonyl (C=O) groups is 1. The van der Waals surface area contributed by atoms with Crippen LogP contribution in [-0.4, -0.2) is 61.6 Å². The summed E-state index contributed by atoms with van der Waals surface area (Å²) in [5.74, 6) is 1.71. The Bertz CT molecular complexity index is 766. The summed E-state index contributed by atoms with van der Waals surface area (Å²) in [5.41, 5.74) is 1.06. The van der Waals surface area contributed by atoms with E-state index in [0.29, 0.717) is 13.2 Å². The molecule has 6 heteroatoms. The van der Waals surface area contributed by atoms with Gasteiger partial charge in [0.2, 0.25) is 0 Å². The predicted octanol–water partition coefficient (Wildman–Crippen LogP) is 2.96. The number of hydrogen-bond acceptors (Lipinski definition) is 5. The highest BCUT2D eigenvalue weighted by Gasteiger charge is 2.23. The Morgan fingerprint density at radius 2 is 1.80 bits per heavy atom. The highest BCUT2D eigenvalue weighted by molar-refractivity contribution is 7.17. The summed E-state index contributed by atoms with van der Waals surface area (Å²) in [5, 5.41) is 0. The van der Waals surface area contributed by atoms with Crippen molar-refractivity contribution in [3.63, 3.8) is 0 Å². The molecule has 0 unspecified atom stereocenters. The van der Waals surface area contributed by atoms with Gasteiger partial charge in [0, 0.05) is 31.1 Å². The molecule has 3 heterocycles. The Balaban J connectivity index is 1.49. The number of thiophene rings is 1. The maximum absolute atomic E-state index is 12.7. The number of ether oxygens (including phenoxy) is 2. The molecule has 1 saturated heterocycles. The van der Waals surface area contributed by atoms with Gasteiger partial charge < -0.3 is 19.3 Å². The monoisotopic (exact) mass is 358 g/mol. The van der Waals surface area contributed by atoms with Crippen molar-refractivity contribution < 1.29 is 14.3 Å². The van der Waals surface area contributed by atoms with Crippen molar-refractivity contribution in [3.05, 3.63) is 35.2 Å². The van der Waals surface area contributed by atoms with Crippen LogP contribution < -0.4 is 9.47 Å². The van der Waals surface area contributed by atoms with E-state index in [0.717, 1.165) is 59.5 Å². The summed E-state index contributed by atoms with van der Waals surface area (Å²) >= 11 is 1.54. The second kappa shape index (κ2) is 7.06. The van der Waals surface area contributed by atoms with Crippen molar-refractivity contribution >= 4 is 17.2 Å². The first-order valence-corrected chi connectivity index (χ1v) is 9.58. The molecular weight excluding hydrogens is 336 g/mol. The summed E-state index contributed by atoms with van der Waals surface area (Å²) < 4.78 is 11.2. The average Bonchev–Trinajstić information content (AvgIpc) is 3.17. The van der Waals surface area contributed by atoms with E-state index in [2.05, 4.69) is 11.8 Å². The molecule has 5 nitrogen and oxygen atoms in total. The van der Waals surface area contributed by atoms with Gasteiger partial charge in [0.15, 0.2) is 11.5 Å². The lowest BCUT2D eigenvalue weighted by Crippen LogP contribution is -2.48. The topological polar surface area (TPSA) is 42.0 Å². The molecule has 2 aliphatic heterocycles. The molecule has 1 aromatic heterocycles. The Labute approximate surface area is 151 Å². The SMILES string of the molecule is CCN1CCN(C(=O)c2ccc(-c3ccc4c(c3)OCCO4)s2)CC1. The van der Waals surface area contributed by atoms with Gasteiger partial charge in [-0.25, -0.2) is 0 Å². The van der Waals surface area contributed by atoms with Gasteiger partial charge in [-0.15, -0.1) is 11.3 Å². The van der Waals surface area contributed by atoms with Gasteiger partial charge in [0.25, 0.3) is 5.91 Å². The van der Waals surface area contributed by atoms with Crippen molar-refractivity contribution in [2.75, 3.05) is 45.9 Å². The number of amides is 1. The summed E-state index contributed by atoms with van der Waals surface area (Å²) in [6, 6.07) is 9.91. The van der Waals surface area contributed by atoms with E-state index in [1.807, 2.05) is 35.2 Å². The minimum atomic E-state index is 0.143. The molecule has 1 aromatic carbocycles. The van der Waals surface area contributed by atoms with Gasteiger partial charge in [-0.3, -0.25) is 4.79 Å². The highest BCUT2D eigenvalue weighted by atomic mass is 32.1. The summed E-state index contributed by atoms with van der Waals surface area (Å²) in [4.78, 5) is 19.0. The molecule has 132 valence electrons. The molecule has 4 rings (SSSR count). The number of piperazine rings is 1. The molecule has 25 heavy (non-hydrogen) atoms. The second-order valence-corrected chi connectivity index (χ2v) is 7.33. The summed E-state index contributed by atoms with van der Waals surface area (Å²) in [7, 11) is 0. The molecule has 0 N–H and O–H groups in total. The van der Waals surface area contributed by atoms with Crippen molar-refractivity contribution in [3.8, 4) is 21.9 Å². The zero-order valence-corrected chi connectivity index (χ0v) is 15.2. The maximum Gasteiger partial charge on any atom is 0.264 e. The number of nitrogens with zero attached hydrogens (tertiary/aromatic N) is 2. The Hall–Kier alpha value is -2.05. The standard InChI is InChI=1S/C19H22N2O3S/c1-2-20-7-9-21(10-8-20)19(22)18-6-5-17(25-18)14-3-4-15-16(13-14)24-12-11-23-15/h3-6,13H,2,7-12H2,1H3. The fourth-order valence-electron chi connectivity index (χ4n) is 3.23. The minimum absolute atomic E-state index is 0.143. The van der Waals surface area contributed by atoms with Gasteiger partial charge in [-0.2, -0.15) is 0 Å². The van der Waals surface area contributed by atoms with Crippen LogP contribution in [0.25, 0.3) is 10.4 Å². The van der Waals surface area contributed by atoms with E-state index in [1.165, 1.54) is 0 Å². The fraction of sp³-hybridized carbons (Fsp3) is 0.421. The van der Waals surface area contributed by atoms with E-state index in [-0.39, 0.29) is 5.91 Å². The molecule has 1 amide bonds. The van der Waals surface area contributed by atoms with Gasteiger partial charge in [0.1, 0.15) is 13.2 Å². The molecule has 1 fully saturated rings. The van der Waals surface area contributed by atoms with E-state index >= 15 is 0 Å². The molecule has 0 atom stereocenters. The Kier molecular flexibility index (Phi) is 4.63. The highest BCUT2D eigenvalue weighted by Crippen LogP contribution is 2.37. The second-order valence-electron chi connectivity index (χ2n) is 6.25. The third-order valence-corrected chi connectivity index (χ3v) is 5.87. The van der Waals surface area contributed by atoms with Crippen LogP contribution in [0.15, 0.2) is 30.3 Å². The molecule has 0 saturated carbocycles. The molecule has 0 spiro atoms. The summed E-state index contributed by atoms with van der Waals surface area (Å²) in [6.45, 7) is 7.93. The number of carbonyl (C=O) groups excluding carboxylic acids is 1. The third kappa shape index (κ3) is 3.37. The Morgan fingerprint density at radius 1 is 1.04 bits per heavy atom. The van der Waals surface area contributed by atoms with Gasteiger partial charge in [0.05, 0.1) is 4.88 Å². The average molecular weight is 358 g/mol. The molecule has 0 aliphatic carbocycles. The number of rotatable bonds is 3. The van der Waals surface area contributed by atoms with E-state index in [4.69, 9.17) is 9.47 Å². The van der Waals surface area contributed by atoms with Crippen LogP contribution in [0, 0.1) is 0 Å². The van der Waals surface area contributed by atoms with E-state index < -0.39 is 0 Å². The normalized spacial score (nSPS) is 17.6. The van der Waals surface area contributed by atoms with Crippen LogP contribution in [0.2, 0.25) is 0 Å². The van der Waals surface area contributed by atoms with Crippen LogP contribution in [0.3, 0.4) is 0 Å². The molecule has 0 bridgehead atoms. The first-order chi connectivity index (χ1) is 12.2. The number of hydrogen-bond donors (Lipinski definition) is 0. The lowest BCUT2D eigenvalue weighted by atomic mass is 10.1. The minimum Gasteiger partial charge on any atom is -0.486 e. The lowest BCUT2D eigenvalue weighted by Gasteiger charge is -2.33. The zero-order valence-electron chi connectivity index (χ0n) is 14.4. The van der Waals surface area contributed by atoms with E-state index in [9.17, 15) is 4.79 Å². The van der Waals surface area contributed by atoms with Gasteiger partial charge in [-0.1, -0.05) is 6.92 Å². The Morgan fingerprint density at radius 3 is 2.56 bits per heavy atom. The largest absolute Gasteiger partial charge is 0.486 e. The van der Waals surface area contributed by atoms with Crippen molar-refractivity contribution in [1.29, 1.82) is 0 Å². The van der Waals surface area contributed by atoms with Gasteiger partial charge in [-0.05, 0) is 42.4 Å². The van der Waals surface area contributed by atoms with Crippen molar-refractivity contribution in [2.45, 2.75) is 6.92 Å².